The monoisotopic (exact) mass is 550 g/mol. The van der Waals surface area contributed by atoms with Crippen LogP contribution in [0.2, 0.25) is 15.1 Å². The Bertz CT molecular complexity index is 1190. The quantitative estimate of drug-likeness (QED) is 0.272. The van der Waals surface area contributed by atoms with Gasteiger partial charge in [-0.15, -0.1) is 0 Å². The van der Waals surface area contributed by atoms with Crippen LogP contribution in [0.1, 0.15) is 40.4 Å². The van der Waals surface area contributed by atoms with Gasteiger partial charge in [0.1, 0.15) is 0 Å². The Balaban J connectivity index is 1.67. The number of alkyl halides is 3. The number of thioether (sulfide) groups is 1. The van der Waals surface area contributed by atoms with Gasteiger partial charge in [-0.25, -0.2) is 4.74 Å². The number of rotatable bonds is 4. The molecule has 0 aliphatic carbocycles. The maximum absolute atomic E-state index is 14.4. The first-order valence-corrected chi connectivity index (χ1v) is 12.6. The van der Waals surface area contributed by atoms with E-state index in [1.165, 1.54) is 6.07 Å². The first kappa shape index (κ1) is 25.5. The third-order valence-corrected chi connectivity index (χ3v) is 9.20. The van der Waals surface area contributed by atoms with Gasteiger partial charge in [-0.05, 0) is 55.3 Å². The van der Waals surface area contributed by atoms with Crippen LogP contribution in [0, 0.1) is 12.1 Å². The average Bonchev–Trinajstić information content (AvgIpc) is 3.09. The molecule has 0 bridgehead atoms. The zero-order chi connectivity index (χ0) is 25.1. The normalized spacial score (nSPS) is 22.0. The van der Waals surface area contributed by atoms with Crippen LogP contribution in [0.25, 0.3) is 0 Å². The van der Waals surface area contributed by atoms with Crippen molar-refractivity contribution in [3.05, 3.63) is 72.9 Å². The molecule has 34 heavy (non-hydrogen) atoms. The lowest BCUT2D eigenvalue weighted by atomic mass is 9.76. The lowest BCUT2D eigenvalue weighted by Crippen LogP contribution is -2.55. The molecule has 4 nitrogen and oxygen atoms in total. The summed E-state index contributed by atoms with van der Waals surface area (Å²) in [7, 11) is 0. The SMILES string of the molecule is Cc1cc(C2=[N+]([O-])CC(c3cc(Cl)c(Cl)c(Cl)c3)(C(F)(F)F)C2)ccc1C(=O)NC1(C)CSC1. The Morgan fingerprint density at radius 2 is 1.76 bits per heavy atom. The maximum Gasteiger partial charge on any atom is 0.405 e. The molecule has 0 radical (unpaired) electrons. The number of carbonyl (C=O) groups is 1. The van der Waals surface area contributed by atoms with E-state index >= 15 is 0 Å². The van der Waals surface area contributed by atoms with Gasteiger partial charge < -0.3 is 10.5 Å². The molecule has 11 heteroatoms. The van der Waals surface area contributed by atoms with Crippen LogP contribution < -0.4 is 5.32 Å². The number of aryl methyl sites for hydroxylation is 1. The van der Waals surface area contributed by atoms with Crippen LogP contribution >= 0.6 is 46.6 Å². The highest BCUT2D eigenvalue weighted by atomic mass is 35.5. The van der Waals surface area contributed by atoms with Gasteiger partial charge in [0.25, 0.3) is 5.91 Å². The van der Waals surface area contributed by atoms with Gasteiger partial charge >= 0.3 is 6.18 Å². The van der Waals surface area contributed by atoms with Crippen LogP contribution in [0.4, 0.5) is 13.2 Å². The fraction of sp³-hybridized carbons (Fsp3) is 0.391. The van der Waals surface area contributed by atoms with Crippen LogP contribution in [0.5, 0.6) is 0 Å². The van der Waals surface area contributed by atoms with Gasteiger partial charge in [0.15, 0.2) is 17.7 Å². The molecule has 2 aliphatic rings. The summed E-state index contributed by atoms with van der Waals surface area (Å²) in [6.45, 7) is 2.80. The predicted octanol–water partition coefficient (Wildman–Crippen LogP) is 6.39. The fourth-order valence-corrected chi connectivity index (χ4v) is 5.87. The Morgan fingerprint density at radius 1 is 1.15 bits per heavy atom. The van der Waals surface area contributed by atoms with Crippen molar-refractivity contribution in [1.29, 1.82) is 0 Å². The molecule has 2 heterocycles. The minimum atomic E-state index is -4.76. The summed E-state index contributed by atoms with van der Waals surface area (Å²) in [4.78, 5) is 12.7. The number of hydrogen-bond acceptors (Lipinski definition) is 3. The highest BCUT2D eigenvalue weighted by molar-refractivity contribution is 8.00. The van der Waals surface area contributed by atoms with E-state index < -0.39 is 24.6 Å². The second-order valence-electron chi connectivity index (χ2n) is 9.03. The topological polar surface area (TPSA) is 55.2 Å². The number of halogens is 6. The minimum absolute atomic E-state index is 0.0306. The molecule has 1 fully saturated rings. The summed E-state index contributed by atoms with van der Waals surface area (Å²) in [5.41, 5.74) is -1.74. The Labute approximate surface area is 214 Å². The number of hydroxylamine groups is 1. The molecule has 2 aliphatic heterocycles. The Hall–Kier alpha value is -1.61. The van der Waals surface area contributed by atoms with Gasteiger partial charge in [-0.2, -0.15) is 24.9 Å². The molecule has 1 N–H and O–H groups in total. The van der Waals surface area contributed by atoms with Crippen LogP contribution in [0.3, 0.4) is 0 Å². The lowest BCUT2D eigenvalue weighted by molar-refractivity contribution is -0.465. The number of nitrogens with one attached hydrogen (secondary N) is 1. The van der Waals surface area contributed by atoms with Crippen LogP contribution in [0.15, 0.2) is 30.3 Å². The third-order valence-electron chi connectivity index (χ3n) is 6.32. The summed E-state index contributed by atoms with van der Waals surface area (Å²) >= 11 is 19.7. The number of hydrogen-bond donors (Lipinski definition) is 1. The first-order valence-electron chi connectivity index (χ1n) is 10.3. The molecule has 0 aromatic heterocycles. The second kappa shape index (κ2) is 8.80. The van der Waals surface area contributed by atoms with Gasteiger partial charge in [-0.3, -0.25) is 4.79 Å². The molecule has 1 unspecified atom stereocenters. The summed E-state index contributed by atoms with van der Waals surface area (Å²) in [6, 6.07) is 6.84. The molecular weight excluding hydrogens is 532 g/mol. The zero-order valence-corrected chi connectivity index (χ0v) is 21.2. The molecule has 1 amide bonds. The molecule has 2 aromatic rings. The van der Waals surface area contributed by atoms with E-state index in [2.05, 4.69) is 5.32 Å². The molecule has 1 saturated heterocycles. The van der Waals surface area contributed by atoms with Crippen molar-refractivity contribution in [2.75, 3.05) is 18.1 Å². The van der Waals surface area contributed by atoms with Gasteiger partial charge in [0, 0.05) is 22.6 Å². The Morgan fingerprint density at radius 3 is 2.26 bits per heavy atom. The molecule has 0 spiro atoms. The molecule has 2 aromatic carbocycles. The summed E-state index contributed by atoms with van der Waals surface area (Å²) in [5.74, 6) is 1.38. The maximum atomic E-state index is 14.4. The highest BCUT2D eigenvalue weighted by Gasteiger charge is 2.63. The average molecular weight is 552 g/mol. The summed E-state index contributed by atoms with van der Waals surface area (Å²) in [6.07, 6.45) is -5.36. The fourth-order valence-electron chi connectivity index (χ4n) is 4.32. The largest absolute Gasteiger partial charge is 0.624 e. The molecule has 4 rings (SSSR count). The van der Waals surface area contributed by atoms with Gasteiger partial charge in [0.2, 0.25) is 0 Å². The van der Waals surface area contributed by atoms with E-state index in [1.54, 1.807) is 30.8 Å². The van der Waals surface area contributed by atoms with Crippen molar-refractivity contribution in [1.82, 2.24) is 5.32 Å². The van der Waals surface area contributed by atoms with Crippen LogP contribution in [-0.4, -0.2) is 46.1 Å². The third kappa shape index (κ3) is 4.38. The van der Waals surface area contributed by atoms with Gasteiger partial charge in [0.05, 0.1) is 27.0 Å². The Kier molecular flexibility index (Phi) is 6.60. The summed E-state index contributed by atoms with van der Waals surface area (Å²) in [5, 5.41) is 15.5. The molecule has 1 atom stereocenters. The predicted molar refractivity (Wildman–Crippen MR) is 131 cm³/mol. The van der Waals surface area contributed by atoms with E-state index in [0.717, 1.165) is 23.6 Å². The van der Waals surface area contributed by atoms with Crippen LogP contribution in [-0.2, 0) is 5.41 Å². The van der Waals surface area contributed by atoms with E-state index in [1.807, 2.05) is 6.92 Å². The summed E-state index contributed by atoms with van der Waals surface area (Å²) < 4.78 is 43.6. The van der Waals surface area contributed by atoms with Crippen molar-refractivity contribution in [2.45, 2.75) is 37.4 Å². The van der Waals surface area contributed by atoms with Crippen molar-refractivity contribution in [3.8, 4) is 0 Å². The lowest BCUT2D eigenvalue weighted by Gasteiger charge is -2.38. The van der Waals surface area contributed by atoms with Crippen molar-refractivity contribution < 1.29 is 22.7 Å². The number of carbonyl (C=O) groups excluding carboxylic acids is 1. The van der Waals surface area contributed by atoms with Gasteiger partial charge in [-0.1, -0.05) is 34.8 Å². The number of amides is 1. The molecule has 0 saturated carbocycles. The van der Waals surface area contributed by atoms with E-state index in [4.69, 9.17) is 34.8 Å². The smallest absolute Gasteiger partial charge is 0.405 e. The zero-order valence-electron chi connectivity index (χ0n) is 18.2. The van der Waals surface area contributed by atoms with Crippen molar-refractivity contribution >= 4 is 58.2 Å². The second-order valence-corrected chi connectivity index (χ2v) is 11.2. The molecular formula is C23H20Cl3F3N2O2S. The highest BCUT2D eigenvalue weighted by Crippen LogP contribution is 2.49. The van der Waals surface area contributed by atoms with E-state index in [-0.39, 0.29) is 37.8 Å². The standard InChI is InChI=1S/C23H20Cl3F3N2O2S/c1-12-5-13(3-4-15(12)20(32)30-21(2)10-34-11-21)18-8-22(9-31(18)33,23(27,28)29)14-6-16(24)19(26)17(25)7-14/h3-7H,8-11H2,1-2H3,(H,30,32). The van der Waals surface area contributed by atoms with E-state index in [9.17, 15) is 23.2 Å². The minimum Gasteiger partial charge on any atom is -0.624 e. The van der Waals surface area contributed by atoms with Crippen molar-refractivity contribution in [3.63, 3.8) is 0 Å². The molecule has 182 valence electrons. The number of nitrogens with zero attached hydrogens (tertiary/aromatic N) is 1. The van der Waals surface area contributed by atoms with Crippen molar-refractivity contribution in [2.24, 2.45) is 0 Å². The van der Waals surface area contributed by atoms with E-state index in [0.29, 0.717) is 21.4 Å². The number of benzene rings is 2. The first-order chi connectivity index (χ1) is 15.8.